The molecule has 2 rings (SSSR count). The van der Waals surface area contributed by atoms with Crippen molar-refractivity contribution in [2.24, 2.45) is 11.8 Å². The van der Waals surface area contributed by atoms with Gasteiger partial charge in [0.1, 0.15) is 0 Å². The van der Waals surface area contributed by atoms with Gasteiger partial charge >= 0.3 is 5.97 Å². The Labute approximate surface area is 188 Å². The number of ether oxygens (including phenoxy) is 2. The molecule has 0 aliphatic carbocycles. The van der Waals surface area contributed by atoms with Gasteiger partial charge in [-0.05, 0) is 36.7 Å². The predicted octanol–water partition coefficient (Wildman–Crippen LogP) is 4.45. The number of benzene rings is 1. The van der Waals surface area contributed by atoms with Crippen molar-refractivity contribution in [2.45, 2.75) is 82.4 Å². The molecule has 0 N–H and O–H groups in total. The Morgan fingerprint density at radius 1 is 1.03 bits per heavy atom. The molecule has 1 saturated heterocycles. The van der Waals surface area contributed by atoms with Gasteiger partial charge in [-0.25, -0.2) is 13.2 Å². The van der Waals surface area contributed by atoms with E-state index in [1.165, 1.54) is 7.11 Å². The van der Waals surface area contributed by atoms with E-state index in [1.54, 1.807) is 30.3 Å². The smallest absolute Gasteiger partial charge is 0.335 e. The highest BCUT2D eigenvalue weighted by atomic mass is 32.2. The van der Waals surface area contributed by atoms with Crippen LogP contribution in [-0.4, -0.2) is 53.9 Å². The van der Waals surface area contributed by atoms with Crippen LogP contribution in [0.3, 0.4) is 0 Å². The number of hydrogen-bond acceptors (Lipinski definition) is 6. The van der Waals surface area contributed by atoms with Crippen LogP contribution in [0.4, 0.5) is 0 Å². The number of rotatable bonds is 10. The average Bonchev–Trinajstić information content (AvgIpc) is 2.79. The Morgan fingerprint density at radius 2 is 1.61 bits per heavy atom. The van der Waals surface area contributed by atoms with Gasteiger partial charge in [0.2, 0.25) is 0 Å². The van der Waals surface area contributed by atoms with E-state index in [0.717, 1.165) is 18.1 Å². The zero-order valence-electron chi connectivity index (χ0n) is 19.7. The summed E-state index contributed by atoms with van der Waals surface area (Å²) < 4.78 is 43.5. The van der Waals surface area contributed by atoms with Crippen molar-refractivity contribution in [3.05, 3.63) is 30.3 Å². The highest BCUT2D eigenvalue weighted by molar-refractivity contribution is 7.91. The van der Waals surface area contributed by atoms with E-state index in [2.05, 4.69) is 27.7 Å². The summed E-state index contributed by atoms with van der Waals surface area (Å²) in [5.74, 6) is -0.668. The lowest BCUT2D eigenvalue weighted by Gasteiger charge is -2.47. The molecule has 1 aromatic carbocycles. The molecule has 1 fully saturated rings. The third-order valence-corrected chi connectivity index (χ3v) is 13.3. The van der Waals surface area contributed by atoms with Gasteiger partial charge in [-0.15, -0.1) is 0 Å². The fraction of sp³-hybridized carbons (Fsp3) is 0.696. The summed E-state index contributed by atoms with van der Waals surface area (Å²) >= 11 is 0. The number of sulfone groups is 1. The van der Waals surface area contributed by atoms with Crippen molar-refractivity contribution < 1.29 is 27.1 Å². The fourth-order valence-corrected chi connectivity index (χ4v) is 8.89. The molecule has 0 unspecified atom stereocenters. The van der Waals surface area contributed by atoms with E-state index >= 15 is 0 Å². The first-order valence-electron chi connectivity index (χ1n) is 11.3. The molecule has 1 heterocycles. The molecule has 0 amide bonds. The minimum absolute atomic E-state index is 0.0293. The van der Waals surface area contributed by atoms with Gasteiger partial charge in [0.25, 0.3) is 0 Å². The molecule has 1 aliphatic heterocycles. The lowest BCUT2D eigenvalue weighted by atomic mass is 9.82. The SMILES string of the molecule is CC[Si](CC)(CC)O[C@H]1[C@@H](C)[C@H](CCS(=O)(=O)c2ccccc2)O[C@H](C(=O)OC)[C@@H]1C. The van der Waals surface area contributed by atoms with Crippen LogP contribution in [0.5, 0.6) is 0 Å². The maximum Gasteiger partial charge on any atom is 0.335 e. The van der Waals surface area contributed by atoms with Crippen LogP contribution < -0.4 is 0 Å². The summed E-state index contributed by atoms with van der Waals surface area (Å²) in [6.07, 6.45) is -1.03. The molecule has 31 heavy (non-hydrogen) atoms. The second-order valence-electron chi connectivity index (χ2n) is 8.58. The fourth-order valence-electron chi connectivity index (χ4n) is 4.54. The van der Waals surface area contributed by atoms with Crippen molar-refractivity contribution in [1.82, 2.24) is 0 Å². The molecular formula is C23H38O6SSi. The van der Waals surface area contributed by atoms with Crippen molar-refractivity contribution in [3.63, 3.8) is 0 Å². The van der Waals surface area contributed by atoms with Gasteiger partial charge in [-0.3, -0.25) is 0 Å². The number of esters is 1. The van der Waals surface area contributed by atoms with Crippen LogP contribution in [-0.2, 0) is 28.5 Å². The molecule has 8 heteroatoms. The van der Waals surface area contributed by atoms with Crippen LogP contribution in [0, 0.1) is 11.8 Å². The van der Waals surface area contributed by atoms with E-state index < -0.39 is 36.3 Å². The largest absolute Gasteiger partial charge is 0.467 e. The van der Waals surface area contributed by atoms with Crippen LogP contribution in [0.2, 0.25) is 18.1 Å². The second kappa shape index (κ2) is 11.1. The van der Waals surface area contributed by atoms with Gasteiger partial charge < -0.3 is 13.9 Å². The molecule has 0 saturated carbocycles. The first-order chi connectivity index (χ1) is 14.6. The summed E-state index contributed by atoms with van der Waals surface area (Å²) in [6.45, 7) is 10.6. The quantitative estimate of drug-likeness (QED) is 0.371. The number of hydrogen-bond donors (Lipinski definition) is 0. The van der Waals surface area contributed by atoms with Gasteiger partial charge in [-0.2, -0.15) is 0 Å². The normalized spacial score (nSPS) is 27.1. The summed E-state index contributed by atoms with van der Waals surface area (Å²) in [6, 6.07) is 11.5. The maximum atomic E-state index is 12.8. The molecule has 1 aliphatic rings. The van der Waals surface area contributed by atoms with Crippen molar-refractivity contribution >= 4 is 24.1 Å². The maximum absolute atomic E-state index is 12.8. The monoisotopic (exact) mass is 470 g/mol. The Balaban J connectivity index is 2.26. The molecule has 1 aromatic rings. The van der Waals surface area contributed by atoms with E-state index in [-0.39, 0.29) is 23.7 Å². The summed E-state index contributed by atoms with van der Waals surface area (Å²) in [4.78, 5) is 12.8. The number of carbonyl (C=O) groups is 1. The lowest BCUT2D eigenvalue weighted by Crippen LogP contribution is -2.56. The van der Waals surface area contributed by atoms with Crippen LogP contribution in [0.25, 0.3) is 0 Å². The van der Waals surface area contributed by atoms with E-state index in [0.29, 0.717) is 11.3 Å². The first-order valence-corrected chi connectivity index (χ1v) is 15.5. The van der Waals surface area contributed by atoms with Crippen molar-refractivity contribution in [3.8, 4) is 0 Å². The molecule has 0 bridgehead atoms. The standard InChI is InChI=1S/C23H38O6SSi/c1-7-31(8-2,9-3)29-21-17(4)20(28-22(18(21)5)23(24)27-6)15-16-30(25,26)19-13-11-10-12-14-19/h10-14,17-18,20-22H,7-9,15-16H2,1-6H3/t17-,18+,20-,21-,22-/m0/s1. The number of methoxy groups -OCH3 is 1. The van der Waals surface area contributed by atoms with E-state index in [1.807, 2.05) is 6.92 Å². The molecule has 6 nitrogen and oxygen atoms in total. The molecule has 176 valence electrons. The summed E-state index contributed by atoms with van der Waals surface area (Å²) in [5.41, 5.74) is 0. The third kappa shape index (κ3) is 5.97. The topological polar surface area (TPSA) is 78.9 Å². The van der Waals surface area contributed by atoms with E-state index in [4.69, 9.17) is 13.9 Å². The predicted molar refractivity (Wildman–Crippen MR) is 124 cm³/mol. The lowest BCUT2D eigenvalue weighted by molar-refractivity contribution is -0.190. The van der Waals surface area contributed by atoms with Gasteiger partial charge in [-0.1, -0.05) is 52.8 Å². The second-order valence-corrected chi connectivity index (χ2v) is 15.4. The van der Waals surface area contributed by atoms with E-state index in [9.17, 15) is 13.2 Å². The molecular weight excluding hydrogens is 432 g/mol. The zero-order valence-corrected chi connectivity index (χ0v) is 21.5. The average molecular weight is 471 g/mol. The molecule has 0 aromatic heterocycles. The van der Waals surface area contributed by atoms with Crippen molar-refractivity contribution in [1.29, 1.82) is 0 Å². The third-order valence-electron chi connectivity index (χ3n) is 6.95. The first kappa shape index (κ1) is 26.0. The van der Waals surface area contributed by atoms with Gasteiger partial charge in [0.05, 0.1) is 30.0 Å². The molecule has 0 radical (unpaired) electrons. The highest BCUT2D eigenvalue weighted by Crippen LogP contribution is 2.38. The highest BCUT2D eigenvalue weighted by Gasteiger charge is 2.48. The Bertz CT molecular complexity index is 800. The Morgan fingerprint density at radius 3 is 2.13 bits per heavy atom. The number of carbonyl (C=O) groups excluding carboxylic acids is 1. The Kier molecular flexibility index (Phi) is 9.30. The summed E-state index contributed by atoms with van der Waals surface area (Å²) in [5, 5.41) is 0. The van der Waals surface area contributed by atoms with Gasteiger partial charge in [0, 0.05) is 11.8 Å². The van der Waals surface area contributed by atoms with Crippen LogP contribution in [0.1, 0.15) is 41.0 Å². The van der Waals surface area contributed by atoms with Gasteiger partial charge in [0.15, 0.2) is 24.3 Å². The van der Waals surface area contributed by atoms with Crippen LogP contribution >= 0.6 is 0 Å². The molecule has 0 spiro atoms. The molecule has 5 atom stereocenters. The minimum atomic E-state index is -3.43. The zero-order chi connectivity index (χ0) is 23.2. The summed E-state index contributed by atoms with van der Waals surface area (Å²) in [7, 11) is -4.01. The minimum Gasteiger partial charge on any atom is -0.467 e. The van der Waals surface area contributed by atoms with Crippen LogP contribution in [0.15, 0.2) is 35.2 Å². The Hall–Kier alpha value is -1.22. The van der Waals surface area contributed by atoms with Crippen molar-refractivity contribution in [2.75, 3.05) is 12.9 Å².